The van der Waals surface area contributed by atoms with Crippen molar-refractivity contribution in [2.45, 2.75) is 11.8 Å². The molecule has 0 aliphatic heterocycles. The van der Waals surface area contributed by atoms with E-state index < -0.39 is 26.4 Å². The van der Waals surface area contributed by atoms with Crippen LogP contribution in [0.1, 0.15) is 6.92 Å². The number of ether oxygens (including phenoxy) is 1. The summed E-state index contributed by atoms with van der Waals surface area (Å²) in [7, 11) is -5.46. The number of esters is 1. The van der Waals surface area contributed by atoms with Crippen molar-refractivity contribution in [3.63, 3.8) is 0 Å². The molecule has 1 aromatic rings. The first-order chi connectivity index (χ1) is 9.01. The lowest BCUT2D eigenvalue weighted by Gasteiger charge is -2.29. The Morgan fingerprint density at radius 3 is 2.00 bits per heavy atom. The second-order valence-electron chi connectivity index (χ2n) is 4.65. The van der Waals surface area contributed by atoms with Gasteiger partial charge in [0.1, 0.15) is 5.75 Å². The van der Waals surface area contributed by atoms with E-state index in [0.29, 0.717) is 11.3 Å². The Hall–Kier alpha value is -1.31. The number of benzene rings is 1. The van der Waals surface area contributed by atoms with Crippen molar-refractivity contribution >= 4 is 26.4 Å². The molecule has 0 atom stereocenters. The molecule has 1 rings (SSSR count). The van der Waals surface area contributed by atoms with Gasteiger partial charge in [-0.2, -0.15) is 8.42 Å². The lowest BCUT2D eigenvalue weighted by molar-refractivity contribution is -0.130. The van der Waals surface area contributed by atoms with Crippen LogP contribution in [0.4, 0.5) is 0 Å². The van der Waals surface area contributed by atoms with Crippen LogP contribution in [0.3, 0.4) is 0 Å². The van der Waals surface area contributed by atoms with Gasteiger partial charge in [-0.15, -0.1) is 0 Å². The van der Waals surface area contributed by atoms with E-state index in [-0.39, 0.29) is 0 Å². The van der Waals surface area contributed by atoms with E-state index in [1.165, 1.54) is 0 Å². The van der Waals surface area contributed by atoms with Gasteiger partial charge in [-0.05, 0) is 43.7 Å². The maximum atomic E-state index is 11.4. The van der Waals surface area contributed by atoms with Gasteiger partial charge in [-0.25, -0.2) is 8.42 Å². The highest BCUT2D eigenvalue weighted by atomic mass is 32.3. The van der Waals surface area contributed by atoms with Crippen molar-refractivity contribution in [3.05, 3.63) is 36.4 Å². The Balaban J connectivity index is 2.91. The van der Waals surface area contributed by atoms with E-state index >= 15 is 0 Å². The van der Waals surface area contributed by atoms with E-state index in [9.17, 15) is 13.2 Å². The first kappa shape index (κ1) is 16.7. The van der Waals surface area contributed by atoms with Crippen molar-refractivity contribution in [1.82, 2.24) is 0 Å². The van der Waals surface area contributed by atoms with Crippen LogP contribution in [-0.2, 0) is 18.5 Å². The van der Waals surface area contributed by atoms with E-state index in [0.717, 1.165) is 11.2 Å². The zero-order valence-corrected chi connectivity index (χ0v) is 13.5. The molecule has 0 saturated heterocycles. The summed E-state index contributed by atoms with van der Waals surface area (Å²) in [6, 6.07) is 6.55. The summed E-state index contributed by atoms with van der Waals surface area (Å²) >= 11 is 0. The van der Waals surface area contributed by atoms with Crippen molar-refractivity contribution < 1.29 is 21.6 Å². The summed E-state index contributed by atoms with van der Waals surface area (Å²) in [6.45, 7) is 5.05. The molecule has 7 heteroatoms. The van der Waals surface area contributed by atoms with Gasteiger partial charge < -0.3 is 4.74 Å². The van der Waals surface area contributed by atoms with Crippen LogP contribution in [0.15, 0.2) is 41.3 Å². The summed E-state index contributed by atoms with van der Waals surface area (Å²) in [5.41, 5.74) is 0.306. The lowest BCUT2D eigenvalue weighted by Crippen LogP contribution is -2.09. The third kappa shape index (κ3) is 4.99. The lowest BCUT2D eigenvalue weighted by atomic mass is 10.3. The van der Waals surface area contributed by atoms with Gasteiger partial charge in [0.15, 0.2) is 0 Å². The average molecular weight is 318 g/mol. The molecule has 0 radical (unpaired) electrons. The fourth-order valence-electron chi connectivity index (χ4n) is 1.38. The Morgan fingerprint density at radius 2 is 1.60 bits per heavy atom. The van der Waals surface area contributed by atoms with E-state index in [1.807, 2.05) is 0 Å². The largest absolute Gasteiger partial charge is 0.423 e. The molecular formula is C13H18O5S2. The van der Waals surface area contributed by atoms with Crippen molar-refractivity contribution in [1.29, 1.82) is 0 Å². The molecule has 5 nitrogen and oxygen atoms in total. The predicted molar refractivity (Wildman–Crippen MR) is 80.5 cm³/mol. The van der Waals surface area contributed by atoms with E-state index in [2.05, 4.69) is 6.58 Å². The molecule has 0 aromatic heterocycles. The monoisotopic (exact) mass is 318 g/mol. The van der Waals surface area contributed by atoms with Gasteiger partial charge in [-0.3, -0.25) is 0 Å². The molecule has 0 fully saturated rings. The maximum absolute atomic E-state index is 11.4. The van der Waals surface area contributed by atoms with Gasteiger partial charge in [0, 0.05) is 10.5 Å². The third-order valence-electron chi connectivity index (χ3n) is 2.24. The summed E-state index contributed by atoms with van der Waals surface area (Å²) in [5.74, 6) is -0.131. The van der Waals surface area contributed by atoms with Crippen LogP contribution in [0.25, 0.3) is 0 Å². The highest BCUT2D eigenvalue weighted by Gasteiger charge is 2.21. The Kier molecular flexibility index (Phi) is 5.01. The van der Waals surface area contributed by atoms with Gasteiger partial charge in [0.2, 0.25) is 0 Å². The molecule has 0 heterocycles. The van der Waals surface area contributed by atoms with Gasteiger partial charge in [-0.1, -0.05) is 16.9 Å². The molecule has 0 saturated carbocycles. The molecule has 0 bridgehead atoms. The predicted octanol–water partition coefficient (Wildman–Crippen LogP) is 2.48. The molecule has 0 aliphatic carbocycles. The summed E-state index contributed by atoms with van der Waals surface area (Å²) in [4.78, 5) is 12.1. The van der Waals surface area contributed by atoms with Crippen LogP contribution in [0.2, 0.25) is 0 Å². The first-order valence-electron chi connectivity index (χ1n) is 5.63. The minimum atomic E-state index is -3.53. The Morgan fingerprint density at radius 1 is 1.10 bits per heavy atom. The molecule has 0 N–H and O–H groups in total. The van der Waals surface area contributed by atoms with Gasteiger partial charge in [0.25, 0.3) is 10.1 Å². The van der Waals surface area contributed by atoms with E-state index in [1.54, 1.807) is 43.7 Å². The summed E-state index contributed by atoms with van der Waals surface area (Å²) in [5, 5.41) is 0. The molecule has 0 aliphatic rings. The number of rotatable bonds is 5. The third-order valence-corrected chi connectivity index (χ3v) is 6.00. The highest BCUT2D eigenvalue weighted by Crippen LogP contribution is 2.51. The first-order valence-corrected chi connectivity index (χ1v) is 9.82. The number of carbonyl (C=O) groups excluding carboxylic acids is 1. The van der Waals surface area contributed by atoms with Crippen LogP contribution in [-0.4, -0.2) is 33.2 Å². The smallest absolute Gasteiger partial charge is 0.338 e. The Labute approximate surface area is 121 Å². The number of carbonyl (C=O) groups is 1. The topological polar surface area (TPSA) is 69.7 Å². The zero-order valence-electron chi connectivity index (χ0n) is 11.9. The average Bonchev–Trinajstić information content (AvgIpc) is 2.26. The summed E-state index contributed by atoms with van der Waals surface area (Å²) < 4.78 is 32.6. The minimum Gasteiger partial charge on any atom is -0.423 e. The maximum Gasteiger partial charge on any atom is 0.338 e. The van der Waals surface area contributed by atoms with Gasteiger partial charge >= 0.3 is 5.97 Å². The second kappa shape index (κ2) is 5.99. The van der Waals surface area contributed by atoms with E-state index in [4.69, 9.17) is 8.37 Å². The number of hydrogen-bond donors (Lipinski definition) is 0. The molecule has 1 aromatic carbocycles. The minimum absolute atomic E-state index is 0.306. The molecule has 0 spiro atoms. The summed E-state index contributed by atoms with van der Waals surface area (Å²) in [6.07, 6.45) is 4.47. The fraction of sp³-hybridized carbons (Fsp3) is 0.308. The molecule has 20 heavy (non-hydrogen) atoms. The van der Waals surface area contributed by atoms with Crippen LogP contribution >= 0.6 is 10.3 Å². The standard InChI is InChI=1S/C13H18O5S2/c1-10(2)13(14)17-11-6-8-12(9-7-11)19(3,4)18-20(5,15)16/h6-9H,1H2,2-5H3. The van der Waals surface area contributed by atoms with Crippen LogP contribution < -0.4 is 4.74 Å². The molecule has 0 unspecified atom stereocenters. The zero-order chi connectivity index (χ0) is 15.6. The van der Waals surface area contributed by atoms with Crippen LogP contribution in [0, 0.1) is 0 Å². The van der Waals surface area contributed by atoms with Crippen molar-refractivity contribution in [2.24, 2.45) is 0 Å². The van der Waals surface area contributed by atoms with Crippen molar-refractivity contribution in [3.8, 4) is 5.75 Å². The quantitative estimate of drug-likeness (QED) is 0.474. The number of hydrogen-bond acceptors (Lipinski definition) is 5. The second-order valence-corrected chi connectivity index (χ2v) is 9.54. The fourth-order valence-corrected chi connectivity index (χ4v) is 4.96. The molecular weight excluding hydrogens is 300 g/mol. The highest BCUT2D eigenvalue weighted by molar-refractivity contribution is 8.32. The molecule has 112 valence electrons. The molecule has 0 amide bonds. The van der Waals surface area contributed by atoms with Gasteiger partial charge in [0.05, 0.1) is 6.26 Å². The SMILES string of the molecule is C=C(C)C(=O)Oc1ccc(S(C)(C)OS(C)(=O)=O)cc1. The Bertz CT molecular complexity index is 615. The normalized spacial score (nSPS) is 12.8. The van der Waals surface area contributed by atoms with Crippen molar-refractivity contribution in [2.75, 3.05) is 18.8 Å². The van der Waals surface area contributed by atoms with Crippen LogP contribution in [0.5, 0.6) is 5.75 Å².